The van der Waals surface area contributed by atoms with Crippen molar-refractivity contribution in [2.75, 3.05) is 5.32 Å². The molecule has 1 aromatic carbocycles. The predicted molar refractivity (Wildman–Crippen MR) is 104 cm³/mol. The average Bonchev–Trinajstić information content (AvgIpc) is 3.21. The van der Waals surface area contributed by atoms with Gasteiger partial charge in [0.2, 0.25) is 0 Å². The fourth-order valence-electron chi connectivity index (χ4n) is 4.86. The summed E-state index contributed by atoms with van der Waals surface area (Å²) in [6.07, 6.45) is 5.11. The molecular weight excluding hydrogens is 390 g/mol. The minimum atomic E-state index is -0.531. The number of nitrogens with one attached hydrogen (secondary N) is 1. The van der Waals surface area contributed by atoms with Gasteiger partial charge in [-0.1, -0.05) is 23.2 Å². The maximum Gasteiger partial charge on any atom is 0.272 e. The molecule has 7 heteroatoms. The Morgan fingerprint density at radius 2 is 1.85 bits per heavy atom. The Kier molecular flexibility index (Phi) is 4.95. The van der Waals surface area contributed by atoms with Gasteiger partial charge >= 0.3 is 0 Å². The highest BCUT2D eigenvalue weighted by molar-refractivity contribution is 6.32. The van der Waals surface area contributed by atoms with Crippen LogP contribution in [0.3, 0.4) is 0 Å². The number of carbonyl (C=O) groups excluding carboxylic acids is 1. The number of anilines is 1. The van der Waals surface area contributed by atoms with Crippen molar-refractivity contribution in [3.05, 3.63) is 51.5 Å². The third-order valence-electron chi connectivity index (χ3n) is 5.96. The molecule has 2 saturated carbocycles. The van der Waals surface area contributed by atoms with E-state index in [1.165, 1.54) is 18.2 Å². The number of aromatic nitrogens is 1. The fourth-order valence-corrected chi connectivity index (χ4v) is 5.43. The van der Waals surface area contributed by atoms with Gasteiger partial charge in [-0.3, -0.25) is 4.79 Å². The third kappa shape index (κ3) is 3.48. The number of hydrogen-bond donors (Lipinski definition) is 2. The number of nitrogens with zero attached hydrogens (tertiary/aromatic N) is 1. The maximum atomic E-state index is 13.4. The molecule has 0 spiro atoms. The van der Waals surface area contributed by atoms with Gasteiger partial charge < -0.3 is 15.0 Å². The van der Waals surface area contributed by atoms with Crippen LogP contribution in [0.4, 0.5) is 10.1 Å². The molecule has 0 saturated heterocycles. The molecule has 2 atom stereocenters. The van der Waals surface area contributed by atoms with Crippen molar-refractivity contribution in [3.8, 4) is 0 Å². The van der Waals surface area contributed by atoms with E-state index in [1.54, 1.807) is 17.8 Å². The van der Waals surface area contributed by atoms with Gasteiger partial charge in [0, 0.05) is 24.5 Å². The minimum absolute atomic E-state index is 0.0416. The van der Waals surface area contributed by atoms with Crippen molar-refractivity contribution in [3.63, 3.8) is 0 Å². The summed E-state index contributed by atoms with van der Waals surface area (Å²) in [5.41, 5.74) is 1.82. The average molecular weight is 411 g/mol. The van der Waals surface area contributed by atoms with Gasteiger partial charge in [0.25, 0.3) is 5.91 Å². The van der Waals surface area contributed by atoms with Crippen LogP contribution in [0.5, 0.6) is 0 Å². The predicted octanol–water partition coefficient (Wildman–Crippen LogP) is 4.99. The number of carbonyl (C=O) groups is 1. The number of benzene rings is 1. The van der Waals surface area contributed by atoms with Crippen LogP contribution in [0.1, 0.15) is 47.7 Å². The molecule has 0 bridgehead atoms. The largest absolute Gasteiger partial charge is 0.393 e. The van der Waals surface area contributed by atoms with E-state index < -0.39 is 5.82 Å². The molecule has 2 aromatic rings. The Morgan fingerprint density at radius 3 is 2.48 bits per heavy atom. The van der Waals surface area contributed by atoms with E-state index in [0.29, 0.717) is 28.2 Å². The van der Waals surface area contributed by atoms with Gasteiger partial charge in [-0.15, -0.1) is 0 Å². The number of amides is 1. The van der Waals surface area contributed by atoms with Crippen molar-refractivity contribution in [1.82, 2.24) is 4.57 Å². The molecule has 27 heavy (non-hydrogen) atoms. The van der Waals surface area contributed by atoms with Crippen LogP contribution >= 0.6 is 23.2 Å². The van der Waals surface area contributed by atoms with Crippen molar-refractivity contribution in [1.29, 1.82) is 0 Å². The zero-order chi connectivity index (χ0) is 19.3. The van der Waals surface area contributed by atoms with Crippen LogP contribution in [-0.2, 0) is 7.05 Å². The summed E-state index contributed by atoms with van der Waals surface area (Å²) in [5, 5.41) is 13.2. The first-order chi connectivity index (χ1) is 12.8. The van der Waals surface area contributed by atoms with Crippen LogP contribution in [0, 0.1) is 17.7 Å². The number of aryl methyl sites for hydroxylation is 1. The molecular formula is C20H21Cl2FN2O2. The quantitative estimate of drug-likeness (QED) is 0.748. The lowest BCUT2D eigenvalue weighted by atomic mass is 9.94. The molecule has 2 aliphatic carbocycles. The number of halogens is 3. The standard InChI is InChI=1S/C20H21Cl2FN2O2/c1-25-9-16(22)18(12-4-10-6-14(26)7-11(10)5-12)19(25)20(27)24-13-2-3-17(23)15(21)8-13/h2-3,8-12,14,26H,4-7H2,1H3,(H,24,27). The highest BCUT2D eigenvalue weighted by atomic mass is 35.5. The van der Waals surface area contributed by atoms with E-state index in [1.807, 2.05) is 0 Å². The van der Waals surface area contributed by atoms with Gasteiger partial charge in [0.1, 0.15) is 11.5 Å². The Morgan fingerprint density at radius 1 is 1.19 bits per heavy atom. The Labute approximate surface area is 167 Å². The molecule has 1 amide bonds. The molecule has 2 fully saturated rings. The number of fused-ring (bicyclic) bond motifs is 1. The topological polar surface area (TPSA) is 54.3 Å². The molecule has 4 rings (SSSR count). The second kappa shape index (κ2) is 7.12. The lowest BCUT2D eigenvalue weighted by Gasteiger charge is -2.16. The van der Waals surface area contributed by atoms with E-state index in [2.05, 4.69) is 5.32 Å². The molecule has 144 valence electrons. The smallest absolute Gasteiger partial charge is 0.272 e. The fraction of sp³-hybridized carbons (Fsp3) is 0.450. The highest BCUT2D eigenvalue weighted by Gasteiger charge is 2.43. The normalized spacial score (nSPS) is 27.0. The zero-order valence-corrected chi connectivity index (χ0v) is 16.4. The van der Waals surface area contributed by atoms with E-state index in [-0.39, 0.29) is 23.0 Å². The maximum absolute atomic E-state index is 13.4. The van der Waals surface area contributed by atoms with E-state index >= 15 is 0 Å². The summed E-state index contributed by atoms with van der Waals surface area (Å²) in [6, 6.07) is 4.09. The van der Waals surface area contributed by atoms with Crippen LogP contribution in [0.15, 0.2) is 24.4 Å². The van der Waals surface area contributed by atoms with Gasteiger partial charge in [-0.2, -0.15) is 0 Å². The summed E-state index contributed by atoms with van der Waals surface area (Å²) in [6.45, 7) is 0. The van der Waals surface area contributed by atoms with Crippen LogP contribution < -0.4 is 5.32 Å². The summed E-state index contributed by atoms with van der Waals surface area (Å²) in [7, 11) is 1.79. The highest BCUT2D eigenvalue weighted by Crippen LogP contribution is 2.52. The number of aliphatic hydroxyl groups excluding tert-OH is 1. The summed E-state index contributed by atoms with van der Waals surface area (Å²) >= 11 is 12.3. The second-order valence-electron chi connectivity index (χ2n) is 7.75. The van der Waals surface area contributed by atoms with Gasteiger partial charge in [-0.25, -0.2) is 4.39 Å². The molecule has 1 heterocycles. The molecule has 2 aliphatic rings. The van der Waals surface area contributed by atoms with E-state index in [0.717, 1.165) is 31.2 Å². The van der Waals surface area contributed by atoms with E-state index in [4.69, 9.17) is 23.2 Å². The SMILES string of the molecule is Cn1cc(Cl)c(C2CC3CC(O)CC3C2)c1C(=O)Nc1ccc(F)c(Cl)c1. The number of hydrogen-bond acceptors (Lipinski definition) is 2. The summed E-state index contributed by atoms with van der Waals surface area (Å²) in [4.78, 5) is 13.0. The first-order valence-electron chi connectivity index (χ1n) is 9.12. The second-order valence-corrected chi connectivity index (χ2v) is 8.56. The molecule has 0 radical (unpaired) electrons. The van der Waals surface area contributed by atoms with Crippen LogP contribution in [0.25, 0.3) is 0 Å². The number of aliphatic hydroxyl groups is 1. The van der Waals surface area contributed by atoms with Crippen molar-refractivity contribution < 1.29 is 14.3 Å². The monoisotopic (exact) mass is 410 g/mol. The van der Waals surface area contributed by atoms with Crippen LogP contribution in [0.2, 0.25) is 10.0 Å². The molecule has 2 unspecified atom stereocenters. The van der Waals surface area contributed by atoms with Crippen LogP contribution in [-0.4, -0.2) is 21.7 Å². The van der Waals surface area contributed by atoms with Gasteiger partial charge in [-0.05, 0) is 61.6 Å². The van der Waals surface area contributed by atoms with Crippen molar-refractivity contribution in [2.24, 2.45) is 18.9 Å². The van der Waals surface area contributed by atoms with Gasteiger partial charge in [0.15, 0.2) is 0 Å². The zero-order valence-electron chi connectivity index (χ0n) is 14.9. The van der Waals surface area contributed by atoms with Crippen molar-refractivity contribution in [2.45, 2.75) is 37.7 Å². The van der Waals surface area contributed by atoms with Gasteiger partial charge in [0.05, 0.1) is 16.1 Å². The third-order valence-corrected chi connectivity index (χ3v) is 6.55. The molecule has 4 nitrogen and oxygen atoms in total. The summed E-state index contributed by atoms with van der Waals surface area (Å²) in [5.74, 6) is 0.371. The minimum Gasteiger partial charge on any atom is -0.393 e. The first-order valence-corrected chi connectivity index (χ1v) is 9.88. The summed E-state index contributed by atoms with van der Waals surface area (Å²) < 4.78 is 15.1. The number of rotatable bonds is 3. The van der Waals surface area contributed by atoms with Crippen molar-refractivity contribution >= 4 is 34.8 Å². The molecule has 0 aliphatic heterocycles. The molecule has 1 aromatic heterocycles. The Hall–Kier alpha value is -1.56. The van der Waals surface area contributed by atoms with E-state index in [9.17, 15) is 14.3 Å². The lowest BCUT2D eigenvalue weighted by Crippen LogP contribution is -2.18. The lowest BCUT2D eigenvalue weighted by molar-refractivity contribution is 0.101. The Balaban J connectivity index is 1.60. The Bertz CT molecular complexity index is 884. The molecule has 2 N–H and O–H groups in total. The first kappa shape index (κ1) is 18.8.